The number of hydrogen-bond acceptors (Lipinski definition) is 4. The zero-order valence-electron chi connectivity index (χ0n) is 30.5. The fourth-order valence-electron chi connectivity index (χ4n) is 8.67. The molecule has 0 bridgehead atoms. The van der Waals surface area contributed by atoms with E-state index in [9.17, 15) is 0 Å². The Morgan fingerprint density at radius 2 is 1.02 bits per heavy atom. The first-order valence-electron chi connectivity index (χ1n) is 19.1. The Hall–Kier alpha value is -7.41. The van der Waals surface area contributed by atoms with Crippen LogP contribution in [0, 0.1) is 0 Å². The van der Waals surface area contributed by atoms with E-state index >= 15 is 0 Å². The third-order valence-electron chi connectivity index (χ3n) is 11.2. The third-order valence-corrected chi connectivity index (χ3v) is 12.4. The second kappa shape index (κ2) is 12.6. The molecular formula is C51H31N5S. The molecule has 266 valence electrons. The molecule has 4 aromatic heterocycles. The van der Waals surface area contributed by atoms with Crippen LogP contribution in [0.25, 0.3) is 109 Å². The van der Waals surface area contributed by atoms with Crippen LogP contribution < -0.4 is 0 Å². The first-order valence-corrected chi connectivity index (χ1v) is 19.9. The van der Waals surface area contributed by atoms with Crippen LogP contribution in [0.4, 0.5) is 0 Å². The third kappa shape index (κ3) is 4.91. The van der Waals surface area contributed by atoms with Gasteiger partial charge in [0.1, 0.15) is 0 Å². The van der Waals surface area contributed by atoms with E-state index in [2.05, 4.69) is 179 Å². The van der Waals surface area contributed by atoms with Gasteiger partial charge in [0, 0.05) is 58.5 Å². The van der Waals surface area contributed by atoms with Crippen LogP contribution in [0.1, 0.15) is 0 Å². The number of thiophene rings is 1. The van der Waals surface area contributed by atoms with Crippen molar-refractivity contribution in [1.82, 2.24) is 24.1 Å². The summed E-state index contributed by atoms with van der Waals surface area (Å²) >= 11 is 1.79. The molecular weight excluding hydrogens is 715 g/mol. The highest BCUT2D eigenvalue weighted by Crippen LogP contribution is 2.43. The quantitative estimate of drug-likeness (QED) is 0.176. The fourth-order valence-corrected chi connectivity index (χ4v) is 9.89. The Morgan fingerprint density at radius 1 is 0.386 bits per heavy atom. The summed E-state index contributed by atoms with van der Waals surface area (Å²) in [5.41, 5.74) is 9.77. The molecule has 0 amide bonds. The van der Waals surface area contributed by atoms with Gasteiger partial charge in [0.05, 0.1) is 22.1 Å². The van der Waals surface area contributed by atoms with Crippen LogP contribution in [-0.4, -0.2) is 24.1 Å². The lowest BCUT2D eigenvalue weighted by Gasteiger charge is -2.12. The van der Waals surface area contributed by atoms with Gasteiger partial charge in [-0.3, -0.25) is 4.57 Å². The van der Waals surface area contributed by atoms with Crippen molar-refractivity contribution in [2.75, 3.05) is 0 Å². The summed E-state index contributed by atoms with van der Waals surface area (Å²) in [4.78, 5) is 16.0. The van der Waals surface area contributed by atoms with Gasteiger partial charge in [-0.1, -0.05) is 146 Å². The lowest BCUT2D eigenvalue weighted by Crippen LogP contribution is -2.06. The second-order valence-corrected chi connectivity index (χ2v) is 15.5. The van der Waals surface area contributed by atoms with Gasteiger partial charge in [-0.25, -0.2) is 4.98 Å². The molecule has 12 aromatic rings. The molecule has 0 aliphatic carbocycles. The zero-order chi connectivity index (χ0) is 37.5. The molecule has 0 saturated heterocycles. The van der Waals surface area contributed by atoms with Crippen molar-refractivity contribution >= 4 is 75.1 Å². The second-order valence-electron chi connectivity index (χ2n) is 14.4. The molecule has 0 aliphatic heterocycles. The van der Waals surface area contributed by atoms with Crippen LogP contribution in [0.15, 0.2) is 188 Å². The minimum Gasteiger partial charge on any atom is -0.309 e. The molecule has 57 heavy (non-hydrogen) atoms. The van der Waals surface area contributed by atoms with Crippen LogP contribution >= 0.6 is 11.3 Å². The van der Waals surface area contributed by atoms with Crippen molar-refractivity contribution in [3.8, 4) is 45.5 Å². The Labute approximate surface area is 331 Å². The predicted octanol–water partition coefficient (Wildman–Crippen LogP) is 13.4. The smallest absolute Gasteiger partial charge is 0.238 e. The van der Waals surface area contributed by atoms with Gasteiger partial charge in [-0.15, -0.1) is 11.3 Å². The Kier molecular flexibility index (Phi) is 7.03. The van der Waals surface area contributed by atoms with Gasteiger partial charge in [-0.05, 0) is 53.6 Å². The molecule has 8 aromatic carbocycles. The normalized spacial score (nSPS) is 11.9. The van der Waals surface area contributed by atoms with Gasteiger partial charge < -0.3 is 4.57 Å². The first kappa shape index (κ1) is 31.9. The molecule has 0 unspecified atom stereocenters. The van der Waals surface area contributed by atoms with Crippen LogP contribution in [0.3, 0.4) is 0 Å². The SMILES string of the molecule is c1ccc(-c2cccc(-n3c4ccccc4c4c3ccc3c5ccccc5n(-c5nc(-c6ccccc6)nc(-c6cccc7c6sc6ccccc67)n5)c34)c2)cc1. The average molecular weight is 746 g/mol. The average Bonchev–Trinajstić information content (AvgIpc) is 3.95. The number of para-hydroxylation sites is 2. The maximum absolute atomic E-state index is 5.43. The zero-order valence-corrected chi connectivity index (χ0v) is 31.4. The van der Waals surface area contributed by atoms with E-state index in [0.717, 1.165) is 55.0 Å². The molecule has 0 fully saturated rings. The van der Waals surface area contributed by atoms with Crippen molar-refractivity contribution in [3.05, 3.63) is 188 Å². The summed E-state index contributed by atoms with van der Waals surface area (Å²) in [6, 6.07) is 66.6. The monoisotopic (exact) mass is 745 g/mol. The summed E-state index contributed by atoms with van der Waals surface area (Å²) in [5.74, 6) is 1.86. The van der Waals surface area contributed by atoms with E-state index in [1.165, 1.54) is 36.7 Å². The number of rotatable bonds is 5. The molecule has 4 heterocycles. The van der Waals surface area contributed by atoms with E-state index in [1.54, 1.807) is 11.3 Å². The summed E-state index contributed by atoms with van der Waals surface area (Å²) in [6.07, 6.45) is 0. The van der Waals surface area contributed by atoms with Crippen molar-refractivity contribution in [2.45, 2.75) is 0 Å². The van der Waals surface area contributed by atoms with Crippen molar-refractivity contribution in [1.29, 1.82) is 0 Å². The standard InChI is InChI=1S/C51H31N5S/c1-3-15-32(16-4-1)34-19-13-20-35(31-34)55-43-27-11-8-23-40(43)46-44(55)30-29-38-36-21-7-10-26-42(36)56(47(38)46)51-53-49(33-17-5-2-6-18-33)52-50(54-51)41-25-14-24-39-37-22-9-12-28-45(37)57-48(39)41/h1-31H. The highest BCUT2D eigenvalue weighted by Gasteiger charge is 2.24. The summed E-state index contributed by atoms with van der Waals surface area (Å²) in [6.45, 7) is 0. The highest BCUT2D eigenvalue weighted by molar-refractivity contribution is 7.26. The van der Waals surface area contributed by atoms with Crippen molar-refractivity contribution < 1.29 is 0 Å². The number of benzene rings is 8. The maximum Gasteiger partial charge on any atom is 0.238 e. The molecule has 0 atom stereocenters. The number of hydrogen-bond donors (Lipinski definition) is 0. The van der Waals surface area contributed by atoms with Crippen molar-refractivity contribution in [2.24, 2.45) is 0 Å². The summed E-state index contributed by atoms with van der Waals surface area (Å²) in [7, 11) is 0. The molecule has 5 nitrogen and oxygen atoms in total. The predicted molar refractivity (Wildman–Crippen MR) is 238 cm³/mol. The molecule has 6 heteroatoms. The van der Waals surface area contributed by atoms with Crippen LogP contribution in [0.2, 0.25) is 0 Å². The van der Waals surface area contributed by atoms with E-state index < -0.39 is 0 Å². The van der Waals surface area contributed by atoms with Crippen LogP contribution in [0.5, 0.6) is 0 Å². The van der Waals surface area contributed by atoms with Gasteiger partial charge in [-0.2, -0.15) is 9.97 Å². The van der Waals surface area contributed by atoms with E-state index in [1.807, 2.05) is 18.2 Å². The molecule has 0 aliphatic rings. The number of fused-ring (bicyclic) bond motifs is 10. The Balaban J connectivity index is 1.19. The minimum absolute atomic E-state index is 0.582. The minimum atomic E-state index is 0.582. The molecule has 0 saturated carbocycles. The highest BCUT2D eigenvalue weighted by atomic mass is 32.1. The molecule has 12 rings (SSSR count). The lowest BCUT2D eigenvalue weighted by molar-refractivity contribution is 0.956. The van der Waals surface area contributed by atoms with Gasteiger partial charge in [0.15, 0.2) is 11.6 Å². The van der Waals surface area contributed by atoms with E-state index in [0.29, 0.717) is 17.6 Å². The number of nitrogens with zero attached hydrogens (tertiary/aromatic N) is 5. The van der Waals surface area contributed by atoms with E-state index in [4.69, 9.17) is 15.0 Å². The largest absolute Gasteiger partial charge is 0.309 e. The first-order chi connectivity index (χ1) is 28.3. The van der Waals surface area contributed by atoms with Gasteiger partial charge in [0.2, 0.25) is 5.95 Å². The fraction of sp³-hybridized carbons (Fsp3) is 0. The van der Waals surface area contributed by atoms with E-state index in [-0.39, 0.29) is 0 Å². The summed E-state index contributed by atoms with van der Waals surface area (Å²) < 4.78 is 7.08. The number of aromatic nitrogens is 5. The summed E-state index contributed by atoms with van der Waals surface area (Å²) in [5, 5.41) is 7.06. The molecule has 0 spiro atoms. The molecule has 0 N–H and O–H groups in total. The van der Waals surface area contributed by atoms with Gasteiger partial charge in [0.25, 0.3) is 0 Å². The van der Waals surface area contributed by atoms with Crippen molar-refractivity contribution in [3.63, 3.8) is 0 Å². The topological polar surface area (TPSA) is 48.5 Å². The maximum atomic E-state index is 5.43. The Bertz CT molecular complexity index is 3520. The lowest BCUT2D eigenvalue weighted by atomic mass is 10.1. The Morgan fingerprint density at radius 3 is 1.84 bits per heavy atom. The van der Waals surface area contributed by atoms with Crippen LogP contribution in [-0.2, 0) is 0 Å². The molecule has 0 radical (unpaired) electrons. The van der Waals surface area contributed by atoms with Gasteiger partial charge >= 0.3 is 0 Å².